The monoisotopic (exact) mass is 319 g/mol. The van der Waals surface area contributed by atoms with Gasteiger partial charge in [-0.05, 0) is 36.6 Å². The number of nitrogens with zero attached hydrogens (tertiary/aromatic N) is 2. The Morgan fingerprint density at radius 1 is 1.08 bits per heavy atom. The number of hydrogen-bond donors (Lipinski definition) is 1. The van der Waals surface area contributed by atoms with E-state index in [2.05, 4.69) is 9.97 Å². The molecule has 0 spiro atoms. The van der Waals surface area contributed by atoms with Crippen molar-refractivity contribution in [3.8, 4) is 22.8 Å². The lowest BCUT2D eigenvalue weighted by molar-refractivity contribution is -0.126. The van der Waals surface area contributed by atoms with Gasteiger partial charge in [-0.15, -0.1) is 0 Å². The number of oxazole rings is 1. The molecule has 5 heteroatoms. The molecule has 2 N–H and O–H groups in total. The van der Waals surface area contributed by atoms with Gasteiger partial charge < -0.3 is 10.2 Å². The zero-order chi connectivity index (χ0) is 16.6. The number of benzene rings is 1. The number of hydrogen-bond acceptors (Lipinski definition) is 4. The first-order chi connectivity index (χ1) is 11.7. The van der Waals surface area contributed by atoms with Crippen molar-refractivity contribution in [1.29, 1.82) is 0 Å². The third-order valence-electron chi connectivity index (χ3n) is 4.78. The van der Waals surface area contributed by atoms with Gasteiger partial charge in [0.05, 0.1) is 11.1 Å². The van der Waals surface area contributed by atoms with Crippen LogP contribution in [0.25, 0.3) is 22.8 Å². The lowest BCUT2D eigenvalue weighted by atomic mass is 9.64. The Bertz CT molecular complexity index is 865. The van der Waals surface area contributed by atoms with Crippen LogP contribution in [0.2, 0.25) is 0 Å². The largest absolute Gasteiger partial charge is 0.444 e. The second-order valence-corrected chi connectivity index (χ2v) is 6.14. The van der Waals surface area contributed by atoms with Crippen molar-refractivity contribution in [2.24, 2.45) is 5.73 Å². The minimum Gasteiger partial charge on any atom is -0.444 e. The molecule has 0 bridgehead atoms. The molecule has 0 radical (unpaired) electrons. The topological polar surface area (TPSA) is 82.0 Å². The van der Waals surface area contributed by atoms with Gasteiger partial charge in [0.2, 0.25) is 11.8 Å². The van der Waals surface area contributed by atoms with Crippen LogP contribution >= 0.6 is 0 Å². The van der Waals surface area contributed by atoms with Gasteiger partial charge in [0, 0.05) is 11.8 Å². The number of carbonyl (C=O) groups excluding carboxylic acids is 1. The minimum atomic E-state index is -0.537. The van der Waals surface area contributed by atoms with E-state index in [0.717, 1.165) is 30.4 Å². The number of rotatable bonds is 4. The minimum absolute atomic E-state index is 0.268. The fourth-order valence-electron chi connectivity index (χ4n) is 3.14. The first-order valence-electron chi connectivity index (χ1n) is 7.97. The van der Waals surface area contributed by atoms with Gasteiger partial charge in [-0.2, -0.15) is 0 Å². The van der Waals surface area contributed by atoms with E-state index < -0.39 is 5.41 Å². The molecule has 0 saturated heterocycles. The van der Waals surface area contributed by atoms with Crippen molar-refractivity contribution in [3.05, 3.63) is 60.5 Å². The van der Waals surface area contributed by atoms with Crippen molar-refractivity contribution in [1.82, 2.24) is 9.97 Å². The van der Waals surface area contributed by atoms with Crippen LogP contribution in [-0.2, 0) is 10.2 Å². The summed E-state index contributed by atoms with van der Waals surface area (Å²) < 4.78 is 5.55. The Labute approximate surface area is 139 Å². The van der Waals surface area contributed by atoms with Crippen LogP contribution in [0.5, 0.6) is 0 Å². The number of nitrogens with two attached hydrogens (primary N) is 1. The van der Waals surface area contributed by atoms with E-state index in [0.29, 0.717) is 17.3 Å². The molecular weight excluding hydrogens is 302 g/mol. The lowest BCUT2D eigenvalue weighted by Crippen LogP contribution is -2.46. The fraction of sp³-hybridized carbons (Fsp3) is 0.211. The highest BCUT2D eigenvalue weighted by Crippen LogP contribution is 2.43. The Morgan fingerprint density at radius 2 is 1.88 bits per heavy atom. The van der Waals surface area contributed by atoms with E-state index in [1.807, 2.05) is 42.5 Å². The fourth-order valence-corrected chi connectivity index (χ4v) is 3.14. The average molecular weight is 319 g/mol. The summed E-state index contributed by atoms with van der Waals surface area (Å²) in [5.41, 5.74) is 8.24. The maximum Gasteiger partial charge on any atom is 0.228 e. The van der Waals surface area contributed by atoms with Crippen LogP contribution in [0.1, 0.15) is 24.8 Å². The van der Waals surface area contributed by atoms with Crippen molar-refractivity contribution in [2.75, 3.05) is 0 Å². The van der Waals surface area contributed by atoms with E-state index in [9.17, 15) is 4.79 Å². The molecule has 2 heterocycles. The molecule has 1 aliphatic carbocycles. The molecule has 120 valence electrons. The molecule has 2 aromatic heterocycles. The Kier molecular flexibility index (Phi) is 3.41. The van der Waals surface area contributed by atoms with E-state index in [-0.39, 0.29) is 5.91 Å². The second-order valence-electron chi connectivity index (χ2n) is 6.14. The molecule has 3 aromatic rings. The smallest absolute Gasteiger partial charge is 0.228 e. The van der Waals surface area contributed by atoms with Gasteiger partial charge in [-0.1, -0.05) is 30.7 Å². The second kappa shape index (κ2) is 5.60. The van der Waals surface area contributed by atoms with Gasteiger partial charge in [0.15, 0.2) is 0 Å². The summed E-state index contributed by atoms with van der Waals surface area (Å²) >= 11 is 0. The first kappa shape index (κ1) is 14.6. The van der Waals surface area contributed by atoms with E-state index >= 15 is 0 Å². The molecule has 1 amide bonds. The summed E-state index contributed by atoms with van der Waals surface area (Å²) in [6.07, 6.45) is 5.94. The third-order valence-corrected chi connectivity index (χ3v) is 4.78. The summed E-state index contributed by atoms with van der Waals surface area (Å²) in [5.74, 6) is 0.292. The molecule has 24 heavy (non-hydrogen) atoms. The molecule has 0 unspecified atom stereocenters. The highest BCUT2D eigenvalue weighted by atomic mass is 16.3. The predicted octanol–water partition coefficient (Wildman–Crippen LogP) is 3.31. The van der Waals surface area contributed by atoms with E-state index in [4.69, 9.17) is 10.2 Å². The Morgan fingerprint density at radius 3 is 2.46 bits per heavy atom. The van der Waals surface area contributed by atoms with E-state index in [1.54, 1.807) is 12.5 Å². The number of carbonyl (C=O) groups is 1. The zero-order valence-corrected chi connectivity index (χ0v) is 13.1. The molecule has 1 fully saturated rings. The van der Waals surface area contributed by atoms with Crippen molar-refractivity contribution in [3.63, 3.8) is 0 Å². The van der Waals surface area contributed by atoms with Crippen LogP contribution in [0.4, 0.5) is 0 Å². The van der Waals surface area contributed by atoms with Crippen LogP contribution in [-0.4, -0.2) is 15.9 Å². The van der Waals surface area contributed by atoms with E-state index in [1.165, 1.54) is 0 Å². The molecular formula is C19H17N3O2. The molecule has 0 aliphatic heterocycles. The normalized spacial score (nSPS) is 15.7. The predicted molar refractivity (Wildman–Crippen MR) is 89.9 cm³/mol. The summed E-state index contributed by atoms with van der Waals surface area (Å²) in [5, 5.41) is 0. The SMILES string of the molecule is NC(=O)C1(c2ccc(-c3coc(-c4ccccc4)n3)nc2)CCC1. The average Bonchev–Trinajstić information content (AvgIpc) is 3.05. The van der Waals surface area contributed by atoms with Crippen LogP contribution in [0.15, 0.2) is 59.3 Å². The van der Waals surface area contributed by atoms with Crippen LogP contribution < -0.4 is 5.73 Å². The van der Waals surface area contributed by atoms with Gasteiger partial charge in [-0.3, -0.25) is 9.78 Å². The maximum absolute atomic E-state index is 11.8. The zero-order valence-electron chi connectivity index (χ0n) is 13.1. The summed E-state index contributed by atoms with van der Waals surface area (Å²) in [7, 11) is 0. The quantitative estimate of drug-likeness (QED) is 0.800. The third kappa shape index (κ3) is 2.29. The summed E-state index contributed by atoms with van der Waals surface area (Å²) in [4.78, 5) is 20.7. The van der Waals surface area contributed by atoms with Gasteiger partial charge in [0.1, 0.15) is 12.0 Å². The highest BCUT2D eigenvalue weighted by molar-refractivity contribution is 5.87. The van der Waals surface area contributed by atoms with Gasteiger partial charge in [0.25, 0.3) is 0 Å². The number of aromatic nitrogens is 2. The standard InChI is InChI=1S/C19H17N3O2/c20-18(23)19(9-4-10-19)14-7-8-15(21-11-14)16-12-24-17(22-16)13-5-2-1-3-6-13/h1-3,5-8,11-12H,4,9-10H2,(H2,20,23). The van der Waals surface area contributed by atoms with Gasteiger partial charge >= 0.3 is 0 Å². The molecule has 1 aliphatic rings. The van der Waals surface area contributed by atoms with Gasteiger partial charge in [-0.25, -0.2) is 4.98 Å². The summed E-state index contributed by atoms with van der Waals surface area (Å²) in [6.45, 7) is 0. The van der Waals surface area contributed by atoms with Crippen molar-refractivity contribution >= 4 is 5.91 Å². The molecule has 1 aromatic carbocycles. The summed E-state index contributed by atoms with van der Waals surface area (Å²) in [6, 6.07) is 13.5. The number of amides is 1. The highest BCUT2D eigenvalue weighted by Gasteiger charge is 2.44. The molecule has 5 nitrogen and oxygen atoms in total. The van der Waals surface area contributed by atoms with Crippen LogP contribution in [0, 0.1) is 0 Å². The molecule has 4 rings (SSSR count). The molecule has 0 atom stereocenters. The number of primary amides is 1. The van der Waals surface area contributed by atoms with Crippen molar-refractivity contribution < 1.29 is 9.21 Å². The maximum atomic E-state index is 11.8. The Hall–Kier alpha value is -2.95. The first-order valence-corrected chi connectivity index (χ1v) is 7.97. The lowest BCUT2D eigenvalue weighted by Gasteiger charge is -2.38. The Balaban J connectivity index is 1.62. The van der Waals surface area contributed by atoms with Crippen LogP contribution in [0.3, 0.4) is 0 Å². The number of pyridine rings is 1. The van der Waals surface area contributed by atoms with Crippen molar-refractivity contribution in [2.45, 2.75) is 24.7 Å². The molecule has 1 saturated carbocycles.